The molecule has 0 heterocycles. The molecule has 0 radical (unpaired) electrons. The van der Waals surface area contributed by atoms with Gasteiger partial charge in [0, 0.05) is 6.42 Å². The Balaban J connectivity index is 2.52. The maximum Gasteiger partial charge on any atom is 0.0624 e. The largest absolute Gasteiger partial charge is 0.198 e. The van der Waals surface area contributed by atoms with Gasteiger partial charge in [-0.15, -0.1) is 0 Å². The van der Waals surface area contributed by atoms with Crippen LogP contribution in [0, 0.1) is 29.1 Å². The van der Waals surface area contributed by atoms with Gasteiger partial charge in [-0.2, -0.15) is 5.26 Å². The van der Waals surface area contributed by atoms with E-state index < -0.39 is 0 Å². The van der Waals surface area contributed by atoms with Crippen LogP contribution in [0.2, 0.25) is 0 Å². The summed E-state index contributed by atoms with van der Waals surface area (Å²) >= 11 is 0. The predicted octanol–water partition coefficient (Wildman–Crippen LogP) is 3.14. The van der Waals surface area contributed by atoms with Crippen molar-refractivity contribution in [2.75, 3.05) is 0 Å². The van der Waals surface area contributed by atoms with Gasteiger partial charge in [0.2, 0.25) is 0 Å². The second-order valence-corrected chi connectivity index (χ2v) is 3.98. The van der Waals surface area contributed by atoms with E-state index in [1.807, 2.05) is 0 Å². The van der Waals surface area contributed by atoms with Crippen LogP contribution in [0.5, 0.6) is 0 Å². The molecule has 12 heavy (non-hydrogen) atoms. The number of nitrogens with zero attached hydrogens (tertiary/aromatic N) is 1. The summed E-state index contributed by atoms with van der Waals surface area (Å²) in [5.41, 5.74) is 1.50. The fourth-order valence-electron chi connectivity index (χ4n) is 2.07. The summed E-state index contributed by atoms with van der Waals surface area (Å²) < 4.78 is 0. The van der Waals surface area contributed by atoms with Crippen molar-refractivity contribution in [3.8, 4) is 6.07 Å². The van der Waals surface area contributed by atoms with Crippen LogP contribution < -0.4 is 0 Å². The smallest absolute Gasteiger partial charge is 0.0624 e. The van der Waals surface area contributed by atoms with Gasteiger partial charge in [-0.05, 0) is 31.1 Å². The molecule has 1 rings (SSSR count). The quantitative estimate of drug-likeness (QED) is 0.574. The highest BCUT2D eigenvalue weighted by atomic mass is 14.3. The zero-order chi connectivity index (χ0) is 9.14. The highest BCUT2D eigenvalue weighted by molar-refractivity contribution is 5.12. The molecule has 1 nitrogen and oxygen atoms in total. The normalized spacial score (nSPS) is 31.0. The number of hydrogen-bond donors (Lipinski definition) is 0. The molecule has 1 aliphatic rings. The molecular weight excluding hydrogens is 146 g/mol. The van der Waals surface area contributed by atoms with Crippen LogP contribution in [0.1, 0.15) is 33.6 Å². The minimum Gasteiger partial charge on any atom is -0.198 e. The van der Waals surface area contributed by atoms with Crippen LogP contribution in [0.15, 0.2) is 11.6 Å². The van der Waals surface area contributed by atoms with E-state index in [9.17, 15) is 0 Å². The lowest BCUT2D eigenvalue weighted by molar-refractivity contribution is 0.310. The first-order valence-corrected chi connectivity index (χ1v) is 4.70. The van der Waals surface area contributed by atoms with E-state index in [0.29, 0.717) is 24.2 Å². The Morgan fingerprint density at radius 1 is 1.75 bits per heavy atom. The summed E-state index contributed by atoms with van der Waals surface area (Å²) in [6.07, 6.45) is 4.20. The molecule has 0 bridgehead atoms. The van der Waals surface area contributed by atoms with Crippen molar-refractivity contribution in [3.05, 3.63) is 11.6 Å². The second-order valence-electron chi connectivity index (χ2n) is 3.98. The van der Waals surface area contributed by atoms with Gasteiger partial charge >= 0.3 is 0 Å². The average molecular weight is 163 g/mol. The maximum absolute atomic E-state index is 8.58. The molecule has 0 spiro atoms. The van der Waals surface area contributed by atoms with Crippen molar-refractivity contribution in [1.82, 2.24) is 0 Å². The molecule has 0 aliphatic heterocycles. The van der Waals surface area contributed by atoms with E-state index in [1.165, 1.54) is 12.0 Å². The summed E-state index contributed by atoms with van der Waals surface area (Å²) in [5.74, 6) is 1.96. The van der Waals surface area contributed by atoms with Crippen molar-refractivity contribution in [2.24, 2.45) is 17.8 Å². The molecule has 2 unspecified atom stereocenters. The molecule has 0 amide bonds. The van der Waals surface area contributed by atoms with Gasteiger partial charge in [-0.3, -0.25) is 0 Å². The van der Waals surface area contributed by atoms with Crippen molar-refractivity contribution < 1.29 is 0 Å². The number of rotatable bonds is 2. The van der Waals surface area contributed by atoms with Gasteiger partial charge in [0.25, 0.3) is 0 Å². The molecule has 0 saturated heterocycles. The molecule has 3 atom stereocenters. The van der Waals surface area contributed by atoms with Crippen molar-refractivity contribution >= 4 is 0 Å². The Morgan fingerprint density at radius 3 is 2.83 bits per heavy atom. The molecule has 1 heteroatoms. The summed E-state index contributed by atoms with van der Waals surface area (Å²) in [6, 6.07) is 2.26. The maximum atomic E-state index is 8.58. The van der Waals surface area contributed by atoms with Crippen molar-refractivity contribution in [3.63, 3.8) is 0 Å². The minimum atomic E-state index is 0.554. The van der Waals surface area contributed by atoms with E-state index in [4.69, 9.17) is 5.26 Å². The molecule has 0 aromatic heterocycles. The van der Waals surface area contributed by atoms with Crippen LogP contribution >= 0.6 is 0 Å². The first-order valence-electron chi connectivity index (χ1n) is 4.70. The highest BCUT2D eigenvalue weighted by Gasteiger charge is 2.27. The lowest BCUT2D eigenvalue weighted by Gasteiger charge is -2.22. The zero-order valence-corrected chi connectivity index (χ0v) is 8.17. The van der Waals surface area contributed by atoms with Gasteiger partial charge < -0.3 is 0 Å². The summed E-state index contributed by atoms with van der Waals surface area (Å²) in [4.78, 5) is 0. The molecule has 1 aliphatic carbocycles. The fraction of sp³-hybridized carbons (Fsp3) is 0.727. The van der Waals surface area contributed by atoms with Gasteiger partial charge in [-0.25, -0.2) is 0 Å². The number of nitriles is 1. The second kappa shape index (κ2) is 3.76. The highest BCUT2D eigenvalue weighted by Crippen LogP contribution is 2.37. The number of allylic oxidation sites excluding steroid dienone is 2. The lowest BCUT2D eigenvalue weighted by Crippen LogP contribution is -2.15. The topological polar surface area (TPSA) is 23.8 Å². The Kier molecular flexibility index (Phi) is 2.92. The molecule has 0 fully saturated rings. The van der Waals surface area contributed by atoms with Gasteiger partial charge in [-0.1, -0.05) is 25.5 Å². The molecule has 0 N–H and O–H groups in total. The summed E-state index contributed by atoms with van der Waals surface area (Å²) in [5, 5.41) is 8.58. The van der Waals surface area contributed by atoms with E-state index in [-0.39, 0.29) is 0 Å². The molecule has 66 valence electrons. The Morgan fingerprint density at radius 2 is 2.42 bits per heavy atom. The SMILES string of the molecule is CC1=CCC([C@H](C)CC#N)C1C. The van der Waals surface area contributed by atoms with Crippen LogP contribution in [-0.4, -0.2) is 0 Å². The average Bonchev–Trinajstić information content (AvgIpc) is 2.34. The van der Waals surface area contributed by atoms with Crippen LogP contribution in [0.4, 0.5) is 0 Å². The van der Waals surface area contributed by atoms with E-state index in [2.05, 4.69) is 32.9 Å². The standard InChI is InChI=1S/C11H17N/c1-8-4-5-11(10(8)3)9(2)6-7-12/h4,9-11H,5-6H2,1-3H3/t9-,10?,11?/m1/s1. The first-order chi connectivity index (χ1) is 5.66. The third kappa shape index (κ3) is 1.69. The van der Waals surface area contributed by atoms with E-state index in [1.54, 1.807) is 0 Å². The Labute approximate surface area is 75.1 Å². The van der Waals surface area contributed by atoms with E-state index >= 15 is 0 Å². The summed E-state index contributed by atoms with van der Waals surface area (Å²) in [6.45, 7) is 6.66. The van der Waals surface area contributed by atoms with Crippen molar-refractivity contribution in [1.29, 1.82) is 5.26 Å². The molecule has 0 aromatic carbocycles. The predicted molar refractivity (Wildman–Crippen MR) is 50.4 cm³/mol. The van der Waals surface area contributed by atoms with Crippen LogP contribution in [-0.2, 0) is 0 Å². The van der Waals surface area contributed by atoms with E-state index in [0.717, 1.165) is 0 Å². The van der Waals surface area contributed by atoms with Gasteiger partial charge in [0.1, 0.15) is 0 Å². The Bertz CT molecular complexity index is 222. The summed E-state index contributed by atoms with van der Waals surface area (Å²) in [7, 11) is 0. The molecular formula is C11H17N. The van der Waals surface area contributed by atoms with Crippen molar-refractivity contribution in [2.45, 2.75) is 33.6 Å². The van der Waals surface area contributed by atoms with Gasteiger partial charge in [0.15, 0.2) is 0 Å². The fourth-order valence-corrected chi connectivity index (χ4v) is 2.07. The van der Waals surface area contributed by atoms with Crippen LogP contribution in [0.25, 0.3) is 0 Å². The minimum absolute atomic E-state index is 0.554. The lowest BCUT2D eigenvalue weighted by atomic mass is 9.82. The molecule has 0 saturated carbocycles. The third-order valence-electron chi connectivity index (χ3n) is 3.22. The third-order valence-corrected chi connectivity index (χ3v) is 3.22. The van der Waals surface area contributed by atoms with Gasteiger partial charge in [0.05, 0.1) is 6.07 Å². The monoisotopic (exact) mass is 163 g/mol. The number of hydrogen-bond acceptors (Lipinski definition) is 1. The Hall–Kier alpha value is -0.770. The first kappa shape index (κ1) is 9.32. The van der Waals surface area contributed by atoms with Crippen LogP contribution in [0.3, 0.4) is 0 Å². The zero-order valence-electron chi connectivity index (χ0n) is 8.17. The molecule has 0 aromatic rings.